The number of fused-ring (bicyclic) bond motifs is 1. The highest BCUT2D eigenvalue weighted by atomic mass is 16.5. The van der Waals surface area contributed by atoms with Gasteiger partial charge in [-0.2, -0.15) is 4.98 Å². The van der Waals surface area contributed by atoms with Crippen LogP contribution in [0.5, 0.6) is 5.75 Å². The van der Waals surface area contributed by atoms with Crippen LogP contribution in [0.15, 0.2) is 35.4 Å². The summed E-state index contributed by atoms with van der Waals surface area (Å²) in [4.78, 5) is 22.0. The smallest absolute Gasteiger partial charge is 0.280 e. The van der Waals surface area contributed by atoms with Gasteiger partial charge in [-0.3, -0.25) is 9.78 Å². The van der Waals surface area contributed by atoms with Gasteiger partial charge in [0.15, 0.2) is 11.2 Å². The molecule has 0 fully saturated rings. The lowest BCUT2D eigenvalue weighted by molar-refractivity contribution is 0.0405. The van der Waals surface area contributed by atoms with Crippen molar-refractivity contribution in [3.63, 3.8) is 0 Å². The first-order valence-corrected chi connectivity index (χ1v) is 8.84. The molecule has 2 heterocycles. The number of aliphatic hydroxyl groups excluding tert-OH is 1. The number of aryl methyl sites for hydroxylation is 1. The second-order valence-corrected chi connectivity index (χ2v) is 5.45. The number of nitrogens with zero attached hydrogens (tertiary/aromatic N) is 3. The van der Waals surface area contributed by atoms with Crippen molar-refractivity contribution >= 4 is 22.8 Å². The van der Waals surface area contributed by atoms with Crippen LogP contribution in [-0.4, -0.2) is 49.6 Å². The molecule has 0 aliphatic carbocycles. The molecule has 3 rings (SSSR count). The molecular formula is C18H28N6O4. The Kier molecular flexibility index (Phi) is 9.48. The van der Waals surface area contributed by atoms with Crippen molar-refractivity contribution in [3.05, 3.63) is 40.9 Å². The zero-order valence-corrected chi connectivity index (χ0v) is 16.3. The summed E-state index contributed by atoms with van der Waals surface area (Å²) in [5.74, 6) is 0.201. The summed E-state index contributed by atoms with van der Waals surface area (Å²) in [7, 11) is 1.54. The number of aromatic amines is 1. The Hall–Kier alpha value is -3.11. The average Bonchev–Trinajstić information content (AvgIpc) is 3.10. The van der Waals surface area contributed by atoms with E-state index in [0.717, 1.165) is 0 Å². The topological polar surface area (TPSA) is 165 Å². The van der Waals surface area contributed by atoms with Gasteiger partial charge in [0.05, 0.1) is 24.7 Å². The molecule has 10 nitrogen and oxygen atoms in total. The molecule has 0 saturated heterocycles. The summed E-state index contributed by atoms with van der Waals surface area (Å²) in [6, 6.07) is 6.70. The molecule has 28 heavy (non-hydrogen) atoms. The maximum atomic E-state index is 11.5. The second-order valence-electron chi connectivity index (χ2n) is 5.45. The minimum Gasteiger partial charge on any atom is -0.506 e. The SMILES string of the molecule is CC.CO[C@H](CO)CCn1cnc2c(=O)[nH]c(N)nc21.Nc1ccccc1O. The largest absolute Gasteiger partial charge is 0.506 e. The van der Waals surface area contributed by atoms with Gasteiger partial charge in [0.1, 0.15) is 5.75 Å². The van der Waals surface area contributed by atoms with Gasteiger partial charge in [-0.15, -0.1) is 0 Å². The zero-order valence-electron chi connectivity index (χ0n) is 16.3. The number of phenolic OH excluding ortho intramolecular Hbond substituents is 1. The number of aliphatic hydroxyl groups is 1. The van der Waals surface area contributed by atoms with Gasteiger partial charge in [-0.1, -0.05) is 26.0 Å². The Balaban J connectivity index is 0.000000327. The quantitative estimate of drug-likeness (QED) is 0.318. The van der Waals surface area contributed by atoms with E-state index in [9.17, 15) is 4.79 Å². The minimum atomic E-state index is -0.360. The lowest BCUT2D eigenvalue weighted by Crippen LogP contribution is -2.18. The van der Waals surface area contributed by atoms with Crippen LogP contribution in [0.1, 0.15) is 20.3 Å². The number of methoxy groups -OCH3 is 1. The normalized spacial score (nSPS) is 11.1. The van der Waals surface area contributed by atoms with E-state index in [4.69, 9.17) is 26.4 Å². The Morgan fingerprint density at radius 1 is 1.29 bits per heavy atom. The Bertz CT molecular complexity index is 883. The number of anilines is 2. The number of H-pyrrole nitrogens is 1. The molecule has 0 amide bonds. The third-order valence-corrected chi connectivity index (χ3v) is 3.66. The van der Waals surface area contributed by atoms with E-state index in [0.29, 0.717) is 24.3 Å². The van der Waals surface area contributed by atoms with E-state index < -0.39 is 0 Å². The van der Waals surface area contributed by atoms with Crippen molar-refractivity contribution in [2.75, 3.05) is 25.2 Å². The number of benzene rings is 1. The van der Waals surface area contributed by atoms with Gasteiger partial charge in [-0.05, 0) is 18.6 Å². The van der Waals surface area contributed by atoms with Gasteiger partial charge in [0.2, 0.25) is 5.95 Å². The number of imidazole rings is 1. The standard InChI is InChI=1S/C10H15N5O3.C6H7NO.C2H6/c1-18-6(4-16)2-3-15-5-12-7-8(15)13-10(11)14-9(7)17;7-5-3-1-2-4-6(5)8;1-2/h5-6,16H,2-4H2,1H3,(H3,11,13,14,17);1-4,8H,7H2;1-2H3/t6-;;/m0../s1. The van der Waals surface area contributed by atoms with E-state index in [1.807, 2.05) is 13.8 Å². The highest BCUT2D eigenvalue weighted by Gasteiger charge is 2.11. The van der Waals surface area contributed by atoms with E-state index in [-0.39, 0.29) is 35.5 Å². The predicted molar refractivity (Wildman–Crippen MR) is 109 cm³/mol. The molecular weight excluding hydrogens is 364 g/mol. The van der Waals surface area contributed by atoms with Crippen LogP contribution in [0.25, 0.3) is 11.2 Å². The van der Waals surface area contributed by atoms with E-state index in [1.165, 1.54) is 13.4 Å². The fourth-order valence-corrected chi connectivity index (χ4v) is 2.19. The van der Waals surface area contributed by atoms with Gasteiger partial charge in [0.25, 0.3) is 5.56 Å². The number of nitrogens with one attached hydrogen (secondary N) is 1. The molecule has 0 aliphatic rings. The van der Waals surface area contributed by atoms with Crippen LogP contribution in [0.3, 0.4) is 0 Å². The number of para-hydroxylation sites is 2. The van der Waals surface area contributed by atoms with E-state index in [2.05, 4.69) is 15.0 Å². The molecule has 3 aromatic rings. The lowest BCUT2D eigenvalue weighted by Gasteiger charge is -2.12. The molecule has 1 atom stereocenters. The van der Waals surface area contributed by atoms with Crippen molar-refractivity contribution < 1.29 is 14.9 Å². The first-order valence-electron chi connectivity index (χ1n) is 8.84. The van der Waals surface area contributed by atoms with Crippen LogP contribution in [0.2, 0.25) is 0 Å². The zero-order chi connectivity index (χ0) is 21.1. The molecule has 0 unspecified atom stereocenters. The Morgan fingerprint density at radius 2 is 1.96 bits per heavy atom. The van der Waals surface area contributed by atoms with Crippen molar-refractivity contribution in [1.82, 2.24) is 19.5 Å². The van der Waals surface area contributed by atoms with Crippen LogP contribution in [0.4, 0.5) is 11.6 Å². The monoisotopic (exact) mass is 392 g/mol. The molecule has 1 aromatic carbocycles. The summed E-state index contributed by atoms with van der Waals surface area (Å²) in [6.45, 7) is 4.48. The van der Waals surface area contributed by atoms with Gasteiger partial charge >= 0.3 is 0 Å². The third-order valence-electron chi connectivity index (χ3n) is 3.66. The van der Waals surface area contributed by atoms with Crippen molar-refractivity contribution in [2.24, 2.45) is 0 Å². The number of hydrogen-bond acceptors (Lipinski definition) is 8. The average molecular weight is 392 g/mol. The van der Waals surface area contributed by atoms with Crippen LogP contribution < -0.4 is 17.0 Å². The number of rotatable bonds is 5. The van der Waals surface area contributed by atoms with Crippen molar-refractivity contribution in [2.45, 2.75) is 32.9 Å². The van der Waals surface area contributed by atoms with E-state index in [1.54, 1.807) is 28.8 Å². The van der Waals surface area contributed by atoms with Crippen molar-refractivity contribution in [3.8, 4) is 5.75 Å². The molecule has 2 aromatic heterocycles. The van der Waals surface area contributed by atoms with E-state index >= 15 is 0 Å². The molecule has 0 bridgehead atoms. The first-order chi connectivity index (χ1) is 13.5. The number of ether oxygens (including phenoxy) is 1. The van der Waals surface area contributed by atoms with Crippen LogP contribution in [-0.2, 0) is 11.3 Å². The number of nitrogen functional groups attached to an aromatic ring is 2. The molecule has 10 heteroatoms. The summed E-state index contributed by atoms with van der Waals surface area (Å²) < 4.78 is 6.77. The molecule has 0 spiro atoms. The number of nitrogens with two attached hydrogens (primary N) is 2. The second kappa shape index (κ2) is 11.6. The lowest BCUT2D eigenvalue weighted by atomic mass is 10.2. The highest BCUT2D eigenvalue weighted by molar-refractivity contribution is 5.70. The fraction of sp³-hybridized carbons (Fsp3) is 0.389. The minimum absolute atomic E-state index is 0.0553. The highest BCUT2D eigenvalue weighted by Crippen LogP contribution is 2.16. The molecule has 0 aliphatic heterocycles. The summed E-state index contributed by atoms with van der Waals surface area (Å²) in [6.07, 6.45) is 1.87. The Labute approximate surface area is 162 Å². The predicted octanol–water partition coefficient (Wildman–Crippen LogP) is 1.10. The fourth-order valence-electron chi connectivity index (χ4n) is 2.19. The van der Waals surface area contributed by atoms with Gasteiger partial charge < -0.3 is 31.0 Å². The maximum Gasteiger partial charge on any atom is 0.280 e. The molecule has 0 saturated carbocycles. The molecule has 154 valence electrons. The number of aromatic hydroxyl groups is 1. The van der Waals surface area contributed by atoms with Crippen LogP contribution in [0, 0.1) is 0 Å². The number of aromatic nitrogens is 4. The van der Waals surface area contributed by atoms with Crippen LogP contribution >= 0.6 is 0 Å². The maximum absolute atomic E-state index is 11.5. The summed E-state index contributed by atoms with van der Waals surface area (Å²) >= 11 is 0. The van der Waals surface area contributed by atoms with Gasteiger partial charge in [0, 0.05) is 13.7 Å². The number of phenols is 1. The number of hydrogen-bond donors (Lipinski definition) is 5. The van der Waals surface area contributed by atoms with Crippen molar-refractivity contribution in [1.29, 1.82) is 0 Å². The first kappa shape index (κ1) is 22.9. The van der Waals surface area contributed by atoms with Gasteiger partial charge in [-0.25, -0.2) is 4.98 Å². The molecule has 7 N–H and O–H groups in total. The Morgan fingerprint density at radius 3 is 2.50 bits per heavy atom. The molecule has 0 radical (unpaired) electrons. The third kappa shape index (κ3) is 6.25. The summed E-state index contributed by atoms with van der Waals surface area (Å²) in [5, 5.41) is 17.8. The summed E-state index contributed by atoms with van der Waals surface area (Å²) in [5.41, 5.74) is 11.5.